The number of primary amides is 1. The van der Waals surface area contributed by atoms with Crippen LogP contribution >= 0.6 is 0 Å². The third-order valence-corrected chi connectivity index (χ3v) is 9.95. The zero-order valence-electron chi connectivity index (χ0n) is 20.4. The highest BCUT2D eigenvalue weighted by molar-refractivity contribution is 7.91. The number of aliphatic hydroxyl groups excluding tert-OH is 1. The van der Waals surface area contributed by atoms with Crippen molar-refractivity contribution in [2.45, 2.75) is 88.7 Å². The number of rotatable bonds is 4. The van der Waals surface area contributed by atoms with Gasteiger partial charge in [0.15, 0.2) is 9.84 Å². The molecule has 3 aliphatic rings. The molecule has 0 atom stereocenters. The van der Waals surface area contributed by atoms with Crippen LogP contribution in [0.1, 0.15) is 79.7 Å². The zero-order valence-corrected chi connectivity index (χ0v) is 21.2. The Hall–Kier alpha value is -2.39. The van der Waals surface area contributed by atoms with Crippen LogP contribution in [0, 0.1) is 11.2 Å². The number of anilines is 1. The fourth-order valence-corrected chi connectivity index (χ4v) is 8.67. The molecular formula is C26H34FN3O4S. The van der Waals surface area contributed by atoms with Crippen LogP contribution in [0.5, 0.6) is 0 Å². The minimum Gasteiger partial charge on any atom is -0.393 e. The van der Waals surface area contributed by atoms with Gasteiger partial charge in [-0.3, -0.25) is 4.79 Å². The average Bonchev–Trinajstić information content (AvgIpc) is 3.07. The van der Waals surface area contributed by atoms with E-state index in [0.717, 1.165) is 30.5 Å². The summed E-state index contributed by atoms with van der Waals surface area (Å²) in [5, 5.41) is 13.1. The molecule has 35 heavy (non-hydrogen) atoms. The molecule has 1 saturated carbocycles. The number of hydrogen-bond donors (Lipinski definition) is 3. The van der Waals surface area contributed by atoms with Crippen LogP contribution in [0.2, 0.25) is 0 Å². The smallest absolute Gasteiger partial charge is 0.253 e. The third-order valence-electron chi connectivity index (χ3n) is 7.69. The van der Waals surface area contributed by atoms with Crippen molar-refractivity contribution in [3.8, 4) is 5.69 Å². The number of aliphatic hydroxyl groups is 1. The van der Waals surface area contributed by atoms with Crippen LogP contribution in [0.4, 0.5) is 10.1 Å². The largest absolute Gasteiger partial charge is 0.393 e. The number of carbonyl (C=O) groups is 1. The lowest BCUT2D eigenvalue weighted by Gasteiger charge is -2.31. The minimum atomic E-state index is -3.48. The first kappa shape index (κ1) is 24.3. The van der Waals surface area contributed by atoms with E-state index >= 15 is 4.39 Å². The maximum Gasteiger partial charge on any atom is 0.253 e. The zero-order chi connectivity index (χ0) is 25.1. The fourth-order valence-electron chi connectivity index (χ4n) is 6.27. The third kappa shape index (κ3) is 4.37. The standard InChI is InChI=1S/C26H34FN3O4S/c1-26(2)13-22-24(35(33,34)14-26)18-5-3-4-6-21(18)30(22)16-11-19(27)23(25(28)32)20(12-16)29-15-7-9-17(31)10-8-15/h11-12,15,17,29,31H,3-10,13-14H2,1-2H3,(H2,28,32)/t15-,17-. The predicted octanol–water partition coefficient (Wildman–Crippen LogP) is 3.67. The molecule has 190 valence electrons. The number of nitrogens with zero attached hydrogens (tertiary/aromatic N) is 1. The predicted molar refractivity (Wildman–Crippen MR) is 132 cm³/mol. The Bertz CT molecular complexity index is 1290. The van der Waals surface area contributed by atoms with E-state index in [9.17, 15) is 18.3 Å². The summed E-state index contributed by atoms with van der Waals surface area (Å²) in [6.07, 6.45) is 6.19. The van der Waals surface area contributed by atoms with E-state index in [1.165, 1.54) is 6.07 Å². The van der Waals surface area contributed by atoms with Gasteiger partial charge in [0.2, 0.25) is 0 Å². The molecule has 2 aromatic rings. The quantitative estimate of drug-likeness (QED) is 0.589. The van der Waals surface area contributed by atoms with Crippen LogP contribution in [0.15, 0.2) is 17.0 Å². The number of amides is 1. The molecule has 1 aromatic heterocycles. The van der Waals surface area contributed by atoms with Crippen molar-refractivity contribution in [2.75, 3.05) is 11.1 Å². The molecule has 0 radical (unpaired) electrons. The van der Waals surface area contributed by atoms with Crippen LogP contribution in [0.3, 0.4) is 0 Å². The second-order valence-corrected chi connectivity index (χ2v) is 13.1. The van der Waals surface area contributed by atoms with Crippen molar-refractivity contribution in [1.29, 1.82) is 0 Å². The van der Waals surface area contributed by atoms with Gasteiger partial charge in [0.1, 0.15) is 5.82 Å². The van der Waals surface area contributed by atoms with E-state index in [2.05, 4.69) is 5.32 Å². The van der Waals surface area contributed by atoms with Crippen LogP contribution in [0.25, 0.3) is 5.69 Å². The summed E-state index contributed by atoms with van der Waals surface area (Å²) in [5.74, 6) is -1.48. The lowest BCUT2D eigenvalue weighted by Crippen LogP contribution is -2.33. The summed E-state index contributed by atoms with van der Waals surface area (Å²) in [6, 6.07) is 3.02. The molecular weight excluding hydrogens is 469 g/mol. The second kappa shape index (κ2) is 8.62. The number of sulfone groups is 1. The second-order valence-electron chi connectivity index (χ2n) is 11.2. The summed E-state index contributed by atoms with van der Waals surface area (Å²) in [6.45, 7) is 3.90. The van der Waals surface area contributed by atoms with Crippen LogP contribution < -0.4 is 11.1 Å². The molecule has 2 heterocycles. The highest BCUT2D eigenvalue weighted by Crippen LogP contribution is 2.44. The monoisotopic (exact) mass is 503 g/mol. The fraction of sp³-hybridized carbons (Fsp3) is 0.577. The topological polar surface area (TPSA) is 114 Å². The van der Waals surface area contributed by atoms with Gasteiger partial charge >= 0.3 is 0 Å². The maximum atomic E-state index is 15.4. The maximum absolute atomic E-state index is 15.4. The van der Waals surface area contributed by atoms with Gasteiger partial charge in [-0.05, 0) is 80.9 Å². The van der Waals surface area contributed by atoms with Gasteiger partial charge in [0.05, 0.1) is 33.7 Å². The van der Waals surface area contributed by atoms with Gasteiger partial charge < -0.3 is 20.7 Å². The Morgan fingerprint density at radius 1 is 1.14 bits per heavy atom. The summed E-state index contributed by atoms with van der Waals surface area (Å²) < 4.78 is 44.1. The average molecular weight is 504 g/mol. The Kier molecular flexibility index (Phi) is 5.99. The van der Waals surface area contributed by atoms with Crippen molar-refractivity contribution < 1.29 is 22.7 Å². The highest BCUT2D eigenvalue weighted by Gasteiger charge is 2.42. The van der Waals surface area contributed by atoms with E-state index in [1.807, 2.05) is 18.4 Å². The number of nitrogens with two attached hydrogens (primary N) is 1. The number of halogens is 1. The number of fused-ring (bicyclic) bond motifs is 3. The summed E-state index contributed by atoms with van der Waals surface area (Å²) >= 11 is 0. The Morgan fingerprint density at radius 3 is 2.51 bits per heavy atom. The summed E-state index contributed by atoms with van der Waals surface area (Å²) in [7, 11) is -3.48. The van der Waals surface area contributed by atoms with Gasteiger partial charge in [-0.2, -0.15) is 0 Å². The van der Waals surface area contributed by atoms with Crippen molar-refractivity contribution in [2.24, 2.45) is 11.1 Å². The lowest BCUT2D eigenvalue weighted by atomic mass is 9.89. The van der Waals surface area contributed by atoms with E-state index in [0.29, 0.717) is 60.5 Å². The molecule has 0 spiro atoms. The van der Waals surface area contributed by atoms with Gasteiger partial charge in [-0.25, -0.2) is 12.8 Å². The highest BCUT2D eigenvalue weighted by atomic mass is 32.2. The molecule has 7 nitrogen and oxygen atoms in total. The molecule has 2 aliphatic carbocycles. The Morgan fingerprint density at radius 2 is 1.83 bits per heavy atom. The SMILES string of the molecule is CC1(C)Cc2c(c3c(n2-c2cc(F)c(C(N)=O)c(N[C@H]4CC[C@H](O)CC4)c2)CCCC3)S(=O)(=O)C1. The number of carbonyl (C=O) groups excluding carboxylic acids is 1. The Balaban J connectivity index is 1.69. The molecule has 1 aliphatic heterocycles. The molecule has 4 N–H and O–H groups in total. The van der Waals surface area contributed by atoms with E-state index < -0.39 is 27.0 Å². The number of nitrogens with one attached hydrogen (secondary N) is 1. The first-order valence-electron chi connectivity index (χ1n) is 12.5. The molecule has 1 fully saturated rings. The van der Waals surface area contributed by atoms with Gasteiger partial charge in [0.25, 0.3) is 5.91 Å². The van der Waals surface area contributed by atoms with Crippen molar-refractivity contribution >= 4 is 21.4 Å². The molecule has 1 amide bonds. The number of benzene rings is 1. The molecule has 5 rings (SSSR count). The van der Waals surface area contributed by atoms with Gasteiger partial charge in [-0.1, -0.05) is 13.8 Å². The Labute approximate surface area is 205 Å². The molecule has 0 bridgehead atoms. The summed E-state index contributed by atoms with van der Waals surface area (Å²) in [4.78, 5) is 12.6. The lowest BCUT2D eigenvalue weighted by molar-refractivity contribution is 0.0996. The van der Waals surface area contributed by atoms with E-state index in [-0.39, 0.29) is 23.5 Å². The molecule has 0 unspecified atom stereocenters. The first-order valence-corrected chi connectivity index (χ1v) is 14.2. The van der Waals surface area contributed by atoms with E-state index in [4.69, 9.17) is 5.73 Å². The minimum absolute atomic E-state index is 0.0158. The first-order chi connectivity index (χ1) is 16.5. The van der Waals surface area contributed by atoms with Crippen molar-refractivity contribution in [3.05, 3.63) is 40.5 Å². The summed E-state index contributed by atoms with van der Waals surface area (Å²) in [5.41, 5.74) is 8.27. The van der Waals surface area contributed by atoms with Crippen LogP contribution in [-0.2, 0) is 29.1 Å². The molecule has 1 aromatic carbocycles. The number of aromatic nitrogens is 1. The van der Waals surface area contributed by atoms with E-state index in [1.54, 1.807) is 6.07 Å². The van der Waals surface area contributed by atoms with Crippen LogP contribution in [-0.4, -0.2) is 41.9 Å². The van der Waals surface area contributed by atoms with Crippen molar-refractivity contribution in [1.82, 2.24) is 4.57 Å². The molecule has 0 saturated heterocycles. The normalized spacial score (nSPS) is 24.9. The van der Waals surface area contributed by atoms with Gasteiger partial charge in [0, 0.05) is 17.4 Å². The van der Waals surface area contributed by atoms with Gasteiger partial charge in [-0.15, -0.1) is 0 Å². The van der Waals surface area contributed by atoms with Crippen molar-refractivity contribution in [3.63, 3.8) is 0 Å². The molecule has 9 heteroatoms. The number of hydrogen-bond acceptors (Lipinski definition) is 5.